The molecule has 0 atom stereocenters. The Labute approximate surface area is 128 Å². The molecule has 3 aromatic rings. The van der Waals surface area contributed by atoms with Gasteiger partial charge in [0.15, 0.2) is 17.1 Å². The highest BCUT2D eigenvalue weighted by Gasteiger charge is 2.14. The Bertz CT molecular complexity index is 757. The molecule has 1 aromatic carbocycles. The van der Waals surface area contributed by atoms with E-state index >= 15 is 0 Å². The fourth-order valence-electron chi connectivity index (χ4n) is 1.75. The number of benzene rings is 1. The number of hydrogen-bond acceptors (Lipinski definition) is 5. The first-order valence-corrected chi connectivity index (χ1v) is 7.37. The molecule has 0 bridgehead atoms. The van der Waals surface area contributed by atoms with Gasteiger partial charge in [-0.1, -0.05) is 17.7 Å². The highest BCUT2D eigenvalue weighted by Crippen LogP contribution is 2.34. The van der Waals surface area contributed by atoms with Gasteiger partial charge in [0, 0.05) is 11.0 Å². The topological polar surface area (TPSA) is 65.4 Å². The van der Waals surface area contributed by atoms with E-state index < -0.39 is 0 Å². The Morgan fingerprint density at radius 1 is 1.30 bits per heavy atom. The van der Waals surface area contributed by atoms with Crippen molar-refractivity contribution in [3.8, 4) is 5.75 Å². The van der Waals surface area contributed by atoms with Crippen LogP contribution in [0.25, 0.3) is 5.52 Å². The summed E-state index contributed by atoms with van der Waals surface area (Å²) in [5.74, 6) is 1.01. The second kappa shape index (κ2) is 5.34. The first-order valence-electron chi connectivity index (χ1n) is 5.84. The van der Waals surface area contributed by atoms with Gasteiger partial charge in [-0.3, -0.25) is 0 Å². The zero-order valence-electron chi connectivity index (χ0n) is 10.6. The standard InChI is InChI=1S/C13H11BrN4OS/c1-8-2-4-9(5-3-8)20-19-10-6-11(14)18-12(10)13(15)16-7-17-18/h2-7H,1H3,(H2,15,16,17). The monoisotopic (exact) mass is 350 g/mol. The number of anilines is 1. The maximum atomic E-state index is 5.88. The smallest absolute Gasteiger partial charge is 0.170 e. The van der Waals surface area contributed by atoms with Crippen LogP contribution in [0, 0.1) is 6.92 Å². The molecular formula is C13H11BrN4OS. The van der Waals surface area contributed by atoms with Gasteiger partial charge in [-0.05, 0) is 35.0 Å². The molecule has 0 aliphatic heterocycles. The second-order valence-electron chi connectivity index (χ2n) is 4.22. The molecule has 7 heteroatoms. The van der Waals surface area contributed by atoms with E-state index in [1.807, 2.05) is 37.3 Å². The van der Waals surface area contributed by atoms with Gasteiger partial charge in [-0.2, -0.15) is 5.10 Å². The van der Waals surface area contributed by atoms with E-state index in [1.54, 1.807) is 4.52 Å². The van der Waals surface area contributed by atoms with Gasteiger partial charge in [0.25, 0.3) is 0 Å². The molecule has 0 radical (unpaired) electrons. The summed E-state index contributed by atoms with van der Waals surface area (Å²) in [5, 5.41) is 4.12. The maximum Gasteiger partial charge on any atom is 0.170 e. The maximum absolute atomic E-state index is 5.88. The highest BCUT2D eigenvalue weighted by atomic mass is 79.9. The van der Waals surface area contributed by atoms with Crippen molar-refractivity contribution in [3.05, 3.63) is 46.8 Å². The molecule has 0 aliphatic rings. The molecule has 0 saturated carbocycles. The van der Waals surface area contributed by atoms with Crippen molar-refractivity contribution in [2.75, 3.05) is 5.73 Å². The van der Waals surface area contributed by atoms with E-state index in [4.69, 9.17) is 9.92 Å². The van der Waals surface area contributed by atoms with Crippen LogP contribution >= 0.6 is 28.0 Å². The fourth-order valence-corrected chi connectivity index (χ4v) is 2.78. The van der Waals surface area contributed by atoms with Crippen LogP contribution in [0.5, 0.6) is 5.75 Å². The Kier molecular flexibility index (Phi) is 3.54. The van der Waals surface area contributed by atoms with Gasteiger partial charge in [-0.25, -0.2) is 9.50 Å². The fraction of sp³-hybridized carbons (Fsp3) is 0.0769. The molecule has 0 aliphatic carbocycles. The van der Waals surface area contributed by atoms with Crippen LogP contribution in [-0.2, 0) is 0 Å². The average molecular weight is 351 g/mol. The van der Waals surface area contributed by atoms with Gasteiger partial charge < -0.3 is 9.92 Å². The molecular weight excluding hydrogens is 340 g/mol. The normalized spacial score (nSPS) is 10.9. The van der Waals surface area contributed by atoms with Crippen LogP contribution < -0.4 is 9.92 Å². The van der Waals surface area contributed by atoms with E-state index in [0.29, 0.717) is 17.1 Å². The number of rotatable bonds is 3. The molecule has 2 aromatic heterocycles. The van der Waals surface area contributed by atoms with Crippen molar-refractivity contribution in [1.29, 1.82) is 0 Å². The van der Waals surface area contributed by atoms with Crippen LogP contribution in [0.4, 0.5) is 5.82 Å². The lowest BCUT2D eigenvalue weighted by Gasteiger charge is -2.04. The zero-order chi connectivity index (χ0) is 14.1. The predicted molar refractivity (Wildman–Crippen MR) is 82.8 cm³/mol. The zero-order valence-corrected chi connectivity index (χ0v) is 13.0. The lowest BCUT2D eigenvalue weighted by Crippen LogP contribution is -1.99. The Hall–Kier alpha value is -1.73. The summed E-state index contributed by atoms with van der Waals surface area (Å²) < 4.78 is 8.16. The first-order chi connectivity index (χ1) is 9.65. The first kappa shape index (κ1) is 13.3. The van der Waals surface area contributed by atoms with Gasteiger partial charge in [-0.15, -0.1) is 0 Å². The average Bonchev–Trinajstić information content (AvgIpc) is 2.77. The summed E-state index contributed by atoms with van der Waals surface area (Å²) in [7, 11) is 0. The molecule has 0 unspecified atom stereocenters. The van der Waals surface area contributed by atoms with E-state index in [1.165, 1.54) is 23.9 Å². The second-order valence-corrected chi connectivity index (χ2v) is 5.83. The number of nitrogens with two attached hydrogens (primary N) is 1. The molecule has 0 fully saturated rings. The lowest BCUT2D eigenvalue weighted by molar-refractivity contribution is 0.653. The van der Waals surface area contributed by atoms with E-state index in [2.05, 4.69) is 26.0 Å². The van der Waals surface area contributed by atoms with Crippen molar-refractivity contribution < 1.29 is 4.18 Å². The van der Waals surface area contributed by atoms with Crippen LogP contribution in [0.1, 0.15) is 5.56 Å². The van der Waals surface area contributed by atoms with Crippen LogP contribution in [-0.4, -0.2) is 14.6 Å². The summed E-state index contributed by atoms with van der Waals surface area (Å²) in [6.45, 7) is 2.05. The van der Waals surface area contributed by atoms with Crippen molar-refractivity contribution in [2.24, 2.45) is 0 Å². The van der Waals surface area contributed by atoms with Crippen LogP contribution in [0.3, 0.4) is 0 Å². The third-order valence-corrected chi connectivity index (χ3v) is 4.05. The Morgan fingerprint density at radius 3 is 2.80 bits per heavy atom. The number of aryl methyl sites for hydroxylation is 1. The summed E-state index contributed by atoms with van der Waals surface area (Å²) >= 11 is 4.69. The number of halogens is 1. The third-order valence-electron chi connectivity index (χ3n) is 2.75. The van der Waals surface area contributed by atoms with Gasteiger partial charge in [0.2, 0.25) is 0 Å². The number of nitrogens with zero attached hydrogens (tertiary/aromatic N) is 3. The minimum atomic E-state index is 0.380. The van der Waals surface area contributed by atoms with Gasteiger partial charge >= 0.3 is 0 Å². The SMILES string of the molecule is Cc1ccc(SOc2cc(Br)n3ncnc(N)c23)cc1. The summed E-state index contributed by atoms with van der Waals surface area (Å²) in [6, 6.07) is 9.91. The number of aromatic nitrogens is 3. The number of nitrogen functional groups attached to an aromatic ring is 1. The summed E-state index contributed by atoms with van der Waals surface area (Å²) in [5.41, 5.74) is 7.74. The molecule has 2 heterocycles. The molecule has 2 N–H and O–H groups in total. The quantitative estimate of drug-likeness (QED) is 0.732. The number of hydrogen-bond donors (Lipinski definition) is 1. The van der Waals surface area contributed by atoms with Crippen LogP contribution in [0.15, 0.2) is 46.2 Å². The van der Waals surface area contributed by atoms with Crippen molar-refractivity contribution in [1.82, 2.24) is 14.6 Å². The molecule has 0 spiro atoms. The number of fused-ring (bicyclic) bond motifs is 1. The minimum absolute atomic E-state index is 0.380. The van der Waals surface area contributed by atoms with Crippen molar-refractivity contribution in [3.63, 3.8) is 0 Å². The Balaban J connectivity index is 1.89. The largest absolute Gasteiger partial charge is 0.418 e. The van der Waals surface area contributed by atoms with Gasteiger partial charge in [0.05, 0.1) is 12.0 Å². The molecule has 3 rings (SSSR count). The van der Waals surface area contributed by atoms with Crippen molar-refractivity contribution >= 4 is 39.3 Å². The Morgan fingerprint density at radius 2 is 2.05 bits per heavy atom. The molecule has 5 nitrogen and oxygen atoms in total. The summed E-state index contributed by atoms with van der Waals surface area (Å²) in [6.07, 6.45) is 1.41. The molecule has 0 amide bonds. The van der Waals surface area contributed by atoms with Gasteiger partial charge in [0.1, 0.15) is 10.9 Å². The predicted octanol–water partition coefficient (Wildman–Crippen LogP) is 3.47. The molecule has 20 heavy (non-hydrogen) atoms. The lowest BCUT2D eigenvalue weighted by atomic mass is 10.2. The minimum Gasteiger partial charge on any atom is -0.418 e. The molecule has 102 valence electrons. The molecule has 0 saturated heterocycles. The van der Waals surface area contributed by atoms with E-state index in [-0.39, 0.29) is 0 Å². The third kappa shape index (κ3) is 2.46. The van der Waals surface area contributed by atoms with E-state index in [9.17, 15) is 0 Å². The van der Waals surface area contributed by atoms with Crippen molar-refractivity contribution in [2.45, 2.75) is 11.8 Å². The highest BCUT2D eigenvalue weighted by molar-refractivity contribution is 9.10. The summed E-state index contributed by atoms with van der Waals surface area (Å²) in [4.78, 5) is 5.00. The van der Waals surface area contributed by atoms with Crippen LogP contribution in [0.2, 0.25) is 0 Å². The van der Waals surface area contributed by atoms with E-state index in [0.717, 1.165) is 9.50 Å².